The molecule has 0 saturated carbocycles. The van der Waals surface area contributed by atoms with Crippen molar-refractivity contribution < 1.29 is 19.1 Å². The van der Waals surface area contributed by atoms with Crippen molar-refractivity contribution in [2.45, 2.75) is 34.1 Å². The van der Waals surface area contributed by atoms with Gasteiger partial charge in [0.25, 0.3) is 11.8 Å². The summed E-state index contributed by atoms with van der Waals surface area (Å²) >= 11 is 3.36. The molecular formula is C22H27BrN2O4. The van der Waals surface area contributed by atoms with E-state index < -0.39 is 11.8 Å². The maximum Gasteiger partial charge on any atom is 0.276 e. The molecule has 2 rings (SSSR count). The molecule has 2 aromatic rings. The van der Waals surface area contributed by atoms with E-state index in [1.807, 2.05) is 32.0 Å². The summed E-state index contributed by atoms with van der Waals surface area (Å²) in [5.41, 5.74) is 7.17. The van der Waals surface area contributed by atoms with E-state index in [1.54, 1.807) is 18.2 Å². The second-order valence-electron chi connectivity index (χ2n) is 7.23. The van der Waals surface area contributed by atoms with Gasteiger partial charge in [0, 0.05) is 4.47 Å². The second-order valence-corrected chi connectivity index (χ2v) is 8.15. The Hall–Kier alpha value is -2.54. The quantitative estimate of drug-likeness (QED) is 0.572. The molecule has 0 heterocycles. The summed E-state index contributed by atoms with van der Waals surface area (Å²) < 4.78 is 12.0. The van der Waals surface area contributed by atoms with Gasteiger partial charge in [-0.1, -0.05) is 47.5 Å². The molecular weight excluding hydrogens is 436 g/mol. The lowest BCUT2D eigenvalue weighted by Gasteiger charge is -2.14. The average Bonchev–Trinajstić information content (AvgIpc) is 2.66. The third kappa shape index (κ3) is 7.42. The topological polar surface area (TPSA) is 76.7 Å². The van der Waals surface area contributed by atoms with Crippen molar-refractivity contribution in [3.8, 4) is 11.5 Å². The predicted molar refractivity (Wildman–Crippen MR) is 116 cm³/mol. The lowest BCUT2D eigenvalue weighted by Crippen LogP contribution is -2.44. The molecule has 0 unspecified atom stereocenters. The minimum atomic E-state index is -0.467. The van der Waals surface area contributed by atoms with Crippen LogP contribution < -0.4 is 20.3 Å². The van der Waals surface area contributed by atoms with Gasteiger partial charge in [0.15, 0.2) is 6.61 Å². The second kappa shape index (κ2) is 10.9. The van der Waals surface area contributed by atoms with E-state index in [0.29, 0.717) is 29.6 Å². The number of carbonyl (C=O) groups is 2. The van der Waals surface area contributed by atoms with E-state index in [9.17, 15) is 9.59 Å². The minimum absolute atomic E-state index is 0.208. The summed E-state index contributed by atoms with van der Waals surface area (Å²) in [7, 11) is 0. The molecule has 0 radical (unpaired) electrons. The first-order chi connectivity index (χ1) is 13.8. The van der Waals surface area contributed by atoms with Crippen molar-refractivity contribution in [1.29, 1.82) is 0 Å². The van der Waals surface area contributed by atoms with Crippen LogP contribution in [0.1, 0.15) is 41.8 Å². The van der Waals surface area contributed by atoms with Crippen molar-refractivity contribution in [2.24, 2.45) is 5.92 Å². The molecule has 2 N–H and O–H groups in total. The maximum absolute atomic E-state index is 12.5. The molecule has 0 atom stereocenters. The molecule has 0 saturated heterocycles. The number of nitrogens with one attached hydrogen (secondary N) is 2. The summed E-state index contributed by atoms with van der Waals surface area (Å²) in [6.45, 7) is 8.41. The fraction of sp³-hybridized carbons (Fsp3) is 0.364. The van der Waals surface area contributed by atoms with Gasteiger partial charge < -0.3 is 9.47 Å². The highest BCUT2D eigenvalue weighted by Crippen LogP contribution is 2.23. The Bertz CT molecular complexity index is 868. The van der Waals surface area contributed by atoms with Crippen molar-refractivity contribution in [3.05, 3.63) is 57.6 Å². The Morgan fingerprint density at radius 2 is 1.72 bits per heavy atom. The molecule has 0 aliphatic rings. The standard InChI is InChI=1S/C22H27BrN2O4/c1-14(2)9-10-28-20-8-6-17(23)12-18(20)22(27)25-24-21(26)13-29-19-7-5-15(3)11-16(19)4/h5-8,11-12,14H,9-10,13H2,1-4H3,(H,24,26)(H,25,27). The zero-order valence-electron chi connectivity index (χ0n) is 17.2. The van der Waals surface area contributed by atoms with Gasteiger partial charge in [-0.25, -0.2) is 0 Å². The normalized spacial score (nSPS) is 10.6. The molecule has 156 valence electrons. The molecule has 6 nitrogen and oxygen atoms in total. The maximum atomic E-state index is 12.5. The van der Waals surface area contributed by atoms with Gasteiger partial charge >= 0.3 is 0 Å². The zero-order valence-corrected chi connectivity index (χ0v) is 18.8. The summed E-state index contributed by atoms with van der Waals surface area (Å²) in [4.78, 5) is 24.6. The van der Waals surface area contributed by atoms with E-state index in [-0.39, 0.29) is 6.61 Å². The lowest BCUT2D eigenvalue weighted by atomic mass is 10.1. The molecule has 7 heteroatoms. The van der Waals surface area contributed by atoms with E-state index in [2.05, 4.69) is 40.6 Å². The van der Waals surface area contributed by atoms with Gasteiger partial charge in [0.05, 0.1) is 12.2 Å². The minimum Gasteiger partial charge on any atom is -0.493 e. The monoisotopic (exact) mass is 462 g/mol. The van der Waals surface area contributed by atoms with Crippen LogP contribution in [0.3, 0.4) is 0 Å². The van der Waals surface area contributed by atoms with Crippen molar-refractivity contribution >= 4 is 27.7 Å². The first-order valence-electron chi connectivity index (χ1n) is 9.48. The van der Waals surface area contributed by atoms with Crippen LogP contribution in [0, 0.1) is 19.8 Å². The Morgan fingerprint density at radius 3 is 2.41 bits per heavy atom. The number of carbonyl (C=O) groups excluding carboxylic acids is 2. The molecule has 2 amide bonds. The zero-order chi connectivity index (χ0) is 21.4. The van der Waals surface area contributed by atoms with Gasteiger partial charge in [-0.2, -0.15) is 0 Å². The largest absolute Gasteiger partial charge is 0.493 e. The number of aryl methyl sites for hydroxylation is 2. The van der Waals surface area contributed by atoms with Crippen LogP contribution >= 0.6 is 15.9 Å². The molecule has 0 aliphatic heterocycles. The van der Waals surface area contributed by atoms with Crippen LogP contribution in [0.2, 0.25) is 0 Å². The van der Waals surface area contributed by atoms with Crippen LogP contribution in [0.25, 0.3) is 0 Å². The molecule has 29 heavy (non-hydrogen) atoms. The smallest absolute Gasteiger partial charge is 0.276 e. The Kier molecular flexibility index (Phi) is 8.51. The van der Waals surface area contributed by atoms with Crippen molar-refractivity contribution in [1.82, 2.24) is 10.9 Å². The highest BCUT2D eigenvalue weighted by Gasteiger charge is 2.15. The number of ether oxygens (including phenoxy) is 2. The molecule has 0 bridgehead atoms. The van der Waals surface area contributed by atoms with Crippen LogP contribution in [0.4, 0.5) is 0 Å². The van der Waals surface area contributed by atoms with E-state index in [0.717, 1.165) is 22.0 Å². The molecule has 0 aliphatic carbocycles. The first kappa shape index (κ1) is 22.7. The van der Waals surface area contributed by atoms with Gasteiger partial charge in [-0.3, -0.25) is 20.4 Å². The van der Waals surface area contributed by atoms with Crippen LogP contribution in [0.15, 0.2) is 40.9 Å². The van der Waals surface area contributed by atoms with E-state index in [4.69, 9.17) is 9.47 Å². The summed E-state index contributed by atoms with van der Waals surface area (Å²) in [5.74, 6) is 0.664. The number of hydrogen-bond donors (Lipinski definition) is 2. The number of hydrogen-bond acceptors (Lipinski definition) is 4. The summed E-state index contributed by atoms with van der Waals surface area (Å²) in [6.07, 6.45) is 0.879. The molecule has 0 fully saturated rings. The van der Waals surface area contributed by atoms with E-state index in [1.165, 1.54) is 0 Å². The van der Waals surface area contributed by atoms with Crippen LogP contribution in [0.5, 0.6) is 11.5 Å². The number of hydrazine groups is 1. The average molecular weight is 463 g/mol. The Labute approximate surface area is 180 Å². The van der Waals surface area contributed by atoms with Crippen LogP contribution in [-0.4, -0.2) is 25.0 Å². The van der Waals surface area contributed by atoms with Gasteiger partial charge in [0.2, 0.25) is 0 Å². The number of rotatable bonds is 8. The predicted octanol–water partition coefficient (Wildman–Crippen LogP) is 4.33. The molecule has 2 aromatic carbocycles. The van der Waals surface area contributed by atoms with Gasteiger partial charge in [-0.05, 0) is 56.0 Å². The van der Waals surface area contributed by atoms with Crippen molar-refractivity contribution in [3.63, 3.8) is 0 Å². The highest BCUT2D eigenvalue weighted by molar-refractivity contribution is 9.10. The van der Waals surface area contributed by atoms with Gasteiger partial charge in [-0.15, -0.1) is 0 Å². The van der Waals surface area contributed by atoms with Crippen molar-refractivity contribution in [2.75, 3.05) is 13.2 Å². The third-order valence-corrected chi connectivity index (χ3v) is 4.64. The molecule has 0 spiro atoms. The fourth-order valence-electron chi connectivity index (χ4n) is 2.54. The number of amides is 2. The lowest BCUT2D eigenvalue weighted by molar-refractivity contribution is -0.123. The Morgan fingerprint density at radius 1 is 1.00 bits per heavy atom. The Balaban J connectivity index is 1.90. The first-order valence-corrected chi connectivity index (χ1v) is 10.3. The highest BCUT2D eigenvalue weighted by atomic mass is 79.9. The number of benzene rings is 2. The third-order valence-electron chi connectivity index (χ3n) is 4.14. The SMILES string of the molecule is Cc1ccc(OCC(=O)NNC(=O)c2cc(Br)ccc2OCCC(C)C)c(C)c1. The van der Waals surface area contributed by atoms with E-state index >= 15 is 0 Å². The summed E-state index contributed by atoms with van der Waals surface area (Å²) in [5, 5.41) is 0. The number of halogens is 1. The molecule has 0 aromatic heterocycles. The fourth-order valence-corrected chi connectivity index (χ4v) is 2.91. The van der Waals surface area contributed by atoms with Gasteiger partial charge in [0.1, 0.15) is 11.5 Å². The van der Waals surface area contributed by atoms with Crippen LogP contribution in [-0.2, 0) is 4.79 Å². The summed E-state index contributed by atoms with van der Waals surface area (Å²) in [6, 6.07) is 10.9.